The van der Waals surface area contributed by atoms with Gasteiger partial charge in [-0.15, -0.1) is 0 Å². The van der Waals surface area contributed by atoms with Crippen LogP contribution >= 0.6 is 0 Å². The number of nitrogens with one attached hydrogen (secondary N) is 1. The first-order valence-corrected chi connectivity index (χ1v) is 4.73. The molecule has 0 amide bonds. The van der Waals surface area contributed by atoms with E-state index >= 15 is 0 Å². The zero-order chi connectivity index (χ0) is 9.83. The van der Waals surface area contributed by atoms with Gasteiger partial charge in [0.2, 0.25) is 0 Å². The Morgan fingerprint density at radius 2 is 2.07 bits per heavy atom. The minimum Gasteiger partial charge on any atom is -0.338 e. The second kappa shape index (κ2) is 2.23. The highest BCUT2D eigenvalue weighted by atomic mass is 15.1. The number of aromatic amines is 1. The number of imidazole rings is 1. The topological polar surface area (TPSA) is 54.5 Å². The average Bonchev–Trinajstić information content (AvgIpc) is 2.91. The van der Waals surface area contributed by atoms with Crippen molar-refractivity contribution in [3.05, 3.63) is 30.6 Å². The van der Waals surface area contributed by atoms with Gasteiger partial charge < -0.3 is 4.98 Å². The summed E-state index contributed by atoms with van der Waals surface area (Å²) in [5.41, 5.74) is 3.99. The highest BCUT2D eigenvalue weighted by Crippen LogP contribution is 2.29. The van der Waals surface area contributed by atoms with Crippen LogP contribution in [-0.4, -0.2) is 20.2 Å². The summed E-state index contributed by atoms with van der Waals surface area (Å²) in [6.07, 6.45) is 3.64. The van der Waals surface area contributed by atoms with Gasteiger partial charge in [0.25, 0.3) is 0 Å². The Labute approximate surface area is 84.6 Å². The standard InChI is InChI=1S/C11H6N4/c1-2-9-6(4-13-15-9)3-8-7(1)11-12-5-10(8)14-11/h1-5H,(H,12,14). The van der Waals surface area contributed by atoms with E-state index in [0.29, 0.717) is 0 Å². The second-order valence-electron chi connectivity index (χ2n) is 3.64. The molecule has 70 valence electrons. The monoisotopic (exact) mass is 194 g/mol. The summed E-state index contributed by atoms with van der Waals surface area (Å²) in [6.45, 7) is 0. The van der Waals surface area contributed by atoms with Gasteiger partial charge in [-0.1, -0.05) is 0 Å². The molecule has 3 heterocycles. The molecule has 1 aliphatic heterocycles. The molecular weight excluding hydrogens is 188 g/mol. The first-order valence-electron chi connectivity index (χ1n) is 4.73. The Bertz CT molecular complexity index is 727. The van der Waals surface area contributed by atoms with E-state index in [1.165, 1.54) is 5.39 Å². The maximum Gasteiger partial charge on any atom is 0.138 e. The zero-order valence-corrected chi connectivity index (χ0v) is 7.73. The molecule has 15 heavy (non-hydrogen) atoms. The maximum atomic E-state index is 4.26. The quantitative estimate of drug-likeness (QED) is 0.466. The minimum atomic E-state index is 0.921. The lowest BCUT2D eigenvalue weighted by atomic mass is 10.2. The van der Waals surface area contributed by atoms with Gasteiger partial charge in [-0.25, -0.2) is 4.98 Å². The molecule has 0 unspecified atom stereocenters. The Hall–Kier alpha value is -2.23. The Morgan fingerprint density at radius 1 is 1.07 bits per heavy atom. The SMILES string of the molecule is c1nnc2ccc3c4ncc([nH]4)c3cc1-2. The fraction of sp³-hybridized carbons (Fsp3) is 0. The summed E-state index contributed by atoms with van der Waals surface area (Å²) in [4.78, 5) is 7.49. The Morgan fingerprint density at radius 3 is 3.07 bits per heavy atom. The third-order valence-corrected chi connectivity index (χ3v) is 2.78. The van der Waals surface area contributed by atoms with Crippen molar-refractivity contribution in [1.29, 1.82) is 0 Å². The van der Waals surface area contributed by atoms with Gasteiger partial charge in [-0.3, -0.25) is 0 Å². The van der Waals surface area contributed by atoms with Crippen LogP contribution in [0.25, 0.3) is 33.2 Å². The minimum absolute atomic E-state index is 0.921. The largest absolute Gasteiger partial charge is 0.338 e. The molecule has 0 saturated heterocycles. The summed E-state index contributed by atoms with van der Waals surface area (Å²) < 4.78 is 0. The van der Waals surface area contributed by atoms with E-state index in [1.807, 2.05) is 18.3 Å². The van der Waals surface area contributed by atoms with Crippen molar-refractivity contribution in [2.75, 3.05) is 0 Å². The summed E-state index contributed by atoms with van der Waals surface area (Å²) in [6, 6.07) is 6.12. The number of aromatic nitrogens is 4. The third-order valence-electron chi connectivity index (χ3n) is 2.78. The van der Waals surface area contributed by atoms with Crippen molar-refractivity contribution in [3.8, 4) is 11.3 Å². The van der Waals surface area contributed by atoms with Gasteiger partial charge in [0.1, 0.15) is 5.65 Å². The molecule has 0 radical (unpaired) electrons. The highest BCUT2D eigenvalue weighted by Gasteiger charge is 2.10. The molecule has 4 heteroatoms. The highest BCUT2D eigenvalue weighted by molar-refractivity contribution is 6.08. The molecule has 2 aromatic rings. The van der Waals surface area contributed by atoms with Crippen LogP contribution in [0.2, 0.25) is 0 Å². The van der Waals surface area contributed by atoms with E-state index < -0.39 is 0 Å². The molecule has 2 bridgehead atoms. The van der Waals surface area contributed by atoms with Crippen LogP contribution in [0.1, 0.15) is 0 Å². The van der Waals surface area contributed by atoms with Crippen molar-refractivity contribution in [2.45, 2.75) is 0 Å². The summed E-state index contributed by atoms with van der Waals surface area (Å²) in [5, 5.41) is 10.3. The lowest BCUT2D eigenvalue weighted by molar-refractivity contribution is 1.10. The number of rotatable bonds is 0. The van der Waals surface area contributed by atoms with Crippen molar-refractivity contribution >= 4 is 21.9 Å². The molecule has 0 saturated carbocycles. The molecule has 0 spiro atoms. The molecule has 2 aromatic heterocycles. The van der Waals surface area contributed by atoms with Gasteiger partial charge in [-0.2, -0.15) is 10.2 Å². The molecular formula is C11H6N4. The van der Waals surface area contributed by atoms with Crippen molar-refractivity contribution in [2.24, 2.45) is 0 Å². The summed E-state index contributed by atoms with van der Waals surface area (Å²) in [7, 11) is 0. The van der Waals surface area contributed by atoms with E-state index in [9.17, 15) is 0 Å². The van der Waals surface area contributed by atoms with E-state index in [1.54, 1.807) is 6.20 Å². The van der Waals surface area contributed by atoms with Gasteiger partial charge >= 0.3 is 0 Å². The predicted octanol–water partition coefficient (Wildman–Crippen LogP) is 2.05. The van der Waals surface area contributed by atoms with Crippen LogP contribution < -0.4 is 0 Å². The van der Waals surface area contributed by atoms with Crippen LogP contribution in [0.5, 0.6) is 0 Å². The van der Waals surface area contributed by atoms with E-state index in [2.05, 4.69) is 26.2 Å². The second-order valence-corrected chi connectivity index (χ2v) is 3.64. The number of hydrogen-bond donors (Lipinski definition) is 1. The number of pyridine rings is 1. The van der Waals surface area contributed by atoms with Gasteiger partial charge in [-0.05, 0) is 18.2 Å². The molecule has 4 rings (SSSR count). The fourth-order valence-electron chi connectivity index (χ4n) is 2.03. The van der Waals surface area contributed by atoms with Gasteiger partial charge in [0.15, 0.2) is 0 Å². The van der Waals surface area contributed by atoms with Crippen LogP contribution in [-0.2, 0) is 0 Å². The number of nitrogens with zero attached hydrogens (tertiary/aromatic N) is 3. The lowest BCUT2D eigenvalue weighted by Crippen LogP contribution is -1.67. The molecule has 1 aliphatic carbocycles. The van der Waals surface area contributed by atoms with E-state index in [0.717, 1.165) is 27.8 Å². The molecule has 4 nitrogen and oxygen atoms in total. The molecule has 0 aromatic carbocycles. The third kappa shape index (κ3) is 0.788. The fourth-order valence-corrected chi connectivity index (χ4v) is 2.03. The number of fused-ring (bicyclic) bond motifs is 6. The first kappa shape index (κ1) is 7.11. The van der Waals surface area contributed by atoms with Gasteiger partial charge in [0, 0.05) is 16.3 Å². The maximum absolute atomic E-state index is 4.26. The van der Waals surface area contributed by atoms with Crippen LogP contribution in [0.3, 0.4) is 0 Å². The van der Waals surface area contributed by atoms with Crippen LogP contribution in [0.15, 0.2) is 30.6 Å². The average molecular weight is 194 g/mol. The van der Waals surface area contributed by atoms with Crippen LogP contribution in [0, 0.1) is 0 Å². The van der Waals surface area contributed by atoms with E-state index in [4.69, 9.17) is 0 Å². The lowest BCUT2D eigenvalue weighted by Gasteiger charge is -1.85. The Kier molecular flexibility index (Phi) is 1.06. The number of hydrogen-bond acceptors (Lipinski definition) is 3. The smallest absolute Gasteiger partial charge is 0.138 e. The zero-order valence-electron chi connectivity index (χ0n) is 7.73. The molecule has 2 aliphatic rings. The van der Waals surface area contributed by atoms with Crippen molar-refractivity contribution < 1.29 is 0 Å². The molecule has 0 atom stereocenters. The van der Waals surface area contributed by atoms with Crippen molar-refractivity contribution in [3.63, 3.8) is 0 Å². The summed E-state index contributed by atoms with van der Waals surface area (Å²) >= 11 is 0. The Balaban J connectivity index is 2.32. The van der Waals surface area contributed by atoms with Gasteiger partial charge in [0.05, 0.1) is 23.6 Å². The first-order chi connectivity index (χ1) is 7.42. The molecule has 0 fully saturated rings. The van der Waals surface area contributed by atoms with E-state index in [-0.39, 0.29) is 0 Å². The van der Waals surface area contributed by atoms with Crippen molar-refractivity contribution in [1.82, 2.24) is 20.2 Å². The number of H-pyrrole nitrogens is 1. The molecule has 1 N–H and O–H groups in total. The predicted molar refractivity (Wildman–Crippen MR) is 57.0 cm³/mol. The summed E-state index contributed by atoms with van der Waals surface area (Å²) in [5.74, 6) is 0. The van der Waals surface area contributed by atoms with Crippen LogP contribution in [0.4, 0.5) is 0 Å². The normalized spacial score (nSPS) is 12.0.